The number of hydrogen-bond acceptors (Lipinski definition) is 3. The molecule has 1 aliphatic rings. The fraction of sp³-hybridized carbons (Fsp3) is 0.462. The Balaban J connectivity index is 0.00000144. The summed E-state index contributed by atoms with van der Waals surface area (Å²) in [6, 6.07) is 6.00. The molecule has 4 heteroatoms. The number of aryl methyl sites for hydroxylation is 1. The number of carbonyl (C=O) groups is 1. The minimum Gasteiger partial charge on any atom is -0.465 e. The summed E-state index contributed by atoms with van der Waals surface area (Å²) < 4.78 is 4.72. The van der Waals surface area contributed by atoms with Gasteiger partial charge in [-0.3, -0.25) is 0 Å². The van der Waals surface area contributed by atoms with Gasteiger partial charge in [0.2, 0.25) is 0 Å². The molecule has 0 saturated heterocycles. The number of esters is 1. The van der Waals surface area contributed by atoms with Crippen LogP contribution in [0, 0.1) is 0 Å². The number of carbonyl (C=O) groups excluding carboxylic acids is 1. The number of halogens is 1. The smallest absolute Gasteiger partial charge is 0.337 e. The van der Waals surface area contributed by atoms with Crippen molar-refractivity contribution in [1.82, 2.24) is 0 Å². The third-order valence-corrected chi connectivity index (χ3v) is 3.13. The van der Waals surface area contributed by atoms with Crippen molar-refractivity contribution in [3.05, 3.63) is 34.9 Å². The van der Waals surface area contributed by atoms with Crippen LogP contribution in [0.4, 0.5) is 0 Å². The molecule has 3 nitrogen and oxygen atoms in total. The van der Waals surface area contributed by atoms with Crippen molar-refractivity contribution >= 4 is 18.4 Å². The van der Waals surface area contributed by atoms with Crippen LogP contribution in [0.15, 0.2) is 18.2 Å². The van der Waals surface area contributed by atoms with Gasteiger partial charge >= 0.3 is 5.97 Å². The molecule has 0 amide bonds. The molecule has 94 valence electrons. The molecule has 0 aromatic heterocycles. The van der Waals surface area contributed by atoms with Crippen molar-refractivity contribution in [2.45, 2.75) is 31.7 Å². The highest BCUT2D eigenvalue weighted by molar-refractivity contribution is 5.89. The van der Waals surface area contributed by atoms with E-state index in [0.717, 1.165) is 25.7 Å². The van der Waals surface area contributed by atoms with E-state index in [1.54, 1.807) is 0 Å². The van der Waals surface area contributed by atoms with Crippen LogP contribution in [0.2, 0.25) is 0 Å². The molecule has 1 atom stereocenters. The van der Waals surface area contributed by atoms with Gasteiger partial charge in [0.25, 0.3) is 0 Å². The quantitative estimate of drug-likeness (QED) is 0.618. The van der Waals surface area contributed by atoms with Gasteiger partial charge in [-0.1, -0.05) is 6.07 Å². The predicted octanol–water partition coefficient (Wildman–Crippen LogP) is 2.10. The van der Waals surface area contributed by atoms with Crippen LogP contribution in [0.25, 0.3) is 0 Å². The minimum absolute atomic E-state index is 0. The minimum atomic E-state index is -0.277. The fourth-order valence-corrected chi connectivity index (χ4v) is 2.24. The first-order valence-corrected chi connectivity index (χ1v) is 5.66. The second kappa shape index (κ2) is 6.03. The maximum Gasteiger partial charge on any atom is 0.337 e. The Morgan fingerprint density at radius 1 is 1.41 bits per heavy atom. The monoisotopic (exact) mass is 255 g/mol. The lowest BCUT2D eigenvalue weighted by Crippen LogP contribution is -2.21. The number of fused-ring (bicyclic) bond motifs is 1. The van der Waals surface area contributed by atoms with Crippen LogP contribution in [-0.4, -0.2) is 19.1 Å². The fourth-order valence-electron chi connectivity index (χ4n) is 2.24. The number of rotatable bonds is 1. The Bertz CT molecular complexity index is 406. The summed E-state index contributed by atoms with van der Waals surface area (Å²) in [4.78, 5) is 11.4. The van der Waals surface area contributed by atoms with E-state index in [1.807, 2.05) is 18.2 Å². The highest BCUT2D eigenvalue weighted by atomic mass is 35.5. The summed E-state index contributed by atoms with van der Waals surface area (Å²) in [5, 5.41) is 0. The van der Waals surface area contributed by atoms with E-state index in [-0.39, 0.29) is 24.4 Å². The number of methoxy groups -OCH3 is 1. The number of nitrogens with two attached hydrogens (primary N) is 1. The second-order valence-electron chi connectivity index (χ2n) is 4.33. The van der Waals surface area contributed by atoms with E-state index in [9.17, 15) is 4.79 Å². The van der Waals surface area contributed by atoms with Gasteiger partial charge < -0.3 is 10.5 Å². The molecular formula is C13H18ClNO2. The van der Waals surface area contributed by atoms with Gasteiger partial charge in [-0.15, -0.1) is 12.4 Å². The lowest BCUT2D eigenvalue weighted by molar-refractivity contribution is 0.0600. The topological polar surface area (TPSA) is 52.3 Å². The van der Waals surface area contributed by atoms with Crippen LogP contribution >= 0.6 is 12.4 Å². The van der Waals surface area contributed by atoms with Crippen LogP contribution in [0.1, 0.15) is 34.3 Å². The van der Waals surface area contributed by atoms with Gasteiger partial charge in [-0.2, -0.15) is 0 Å². The van der Waals surface area contributed by atoms with E-state index in [0.29, 0.717) is 5.56 Å². The standard InChI is InChI=1S/C13H17NO2.ClH/c1-16-13(15)10-6-5-9-3-2-4-12(14)8-11(9)7-10;/h5-7,12H,2-4,8,14H2,1H3;1H. The highest BCUT2D eigenvalue weighted by Crippen LogP contribution is 2.21. The van der Waals surface area contributed by atoms with Crippen molar-refractivity contribution in [2.75, 3.05) is 7.11 Å². The Kier molecular flexibility index (Phi) is 4.97. The normalized spacial score (nSPS) is 18.6. The largest absolute Gasteiger partial charge is 0.465 e. The van der Waals surface area contributed by atoms with E-state index in [4.69, 9.17) is 10.5 Å². The molecule has 0 heterocycles. The van der Waals surface area contributed by atoms with E-state index in [2.05, 4.69) is 0 Å². The molecule has 0 bridgehead atoms. The van der Waals surface area contributed by atoms with Gasteiger partial charge in [0.05, 0.1) is 12.7 Å². The number of ether oxygens (including phenoxy) is 1. The van der Waals surface area contributed by atoms with Crippen molar-refractivity contribution in [1.29, 1.82) is 0 Å². The third kappa shape index (κ3) is 3.20. The third-order valence-electron chi connectivity index (χ3n) is 3.13. The molecule has 1 aromatic rings. The molecule has 2 N–H and O–H groups in total. The Morgan fingerprint density at radius 3 is 2.88 bits per heavy atom. The average Bonchev–Trinajstić information content (AvgIpc) is 2.47. The highest BCUT2D eigenvalue weighted by Gasteiger charge is 2.15. The number of benzene rings is 1. The van der Waals surface area contributed by atoms with Gasteiger partial charge in [0, 0.05) is 6.04 Å². The molecule has 17 heavy (non-hydrogen) atoms. The van der Waals surface area contributed by atoms with Crippen LogP contribution < -0.4 is 5.73 Å². The molecule has 0 saturated carbocycles. The second-order valence-corrected chi connectivity index (χ2v) is 4.33. The van der Waals surface area contributed by atoms with E-state index >= 15 is 0 Å². The van der Waals surface area contributed by atoms with Crippen LogP contribution in [0.3, 0.4) is 0 Å². The lowest BCUT2D eigenvalue weighted by Gasteiger charge is -2.10. The Hall–Kier alpha value is -1.06. The molecule has 0 fully saturated rings. The average molecular weight is 256 g/mol. The van der Waals surface area contributed by atoms with Crippen LogP contribution in [0.5, 0.6) is 0 Å². The maximum atomic E-state index is 11.4. The Morgan fingerprint density at radius 2 is 2.18 bits per heavy atom. The predicted molar refractivity (Wildman–Crippen MR) is 69.6 cm³/mol. The van der Waals surface area contributed by atoms with Crippen molar-refractivity contribution < 1.29 is 9.53 Å². The Labute approximate surface area is 108 Å². The molecule has 0 radical (unpaired) electrons. The first-order chi connectivity index (χ1) is 7.70. The summed E-state index contributed by atoms with van der Waals surface area (Å²) in [6.07, 6.45) is 4.11. The summed E-state index contributed by atoms with van der Waals surface area (Å²) in [5.74, 6) is -0.277. The first-order valence-electron chi connectivity index (χ1n) is 5.66. The molecule has 2 rings (SSSR count). The lowest BCUT2D eigenvalue weighted by atomic mass is 9.99. The molecular weight excluding hydrogens is 238 g/mol. The zero-order chi connectivity index (χ0) is 11.5. The van der Waals surface area contributed by atoms with E-state index < -0.39 is 0 Å². The van der Waals surface area contributed by atoms with Crippen molar-refractivity contribution in [2.24, 2.45) is 5.73 Å². The van der Waals surface area contributed by atoms with Gasteiger partial charge in [-0.25, -0.2) is 4.79 Å². The van der Waals surface area contributed by atoms with Gasteiger partial charge in [-0.05, 0) is 48.9 Å². The van der Waals surface area contributed by atoms with Gasteiger partial charge in [0.15, 0.2) is 0 Å². The number of hydrogen-bond donors (Lipinski definition) is 1. The maximum absolute atomic E-state index is 11.4. The van der Waals surface area contributed by atoms with Crippen molar-refractivity contribution in [3.63, 3.8) is 0 Å². The zero-order valence-electron chi connectivity index (χ0n) is 9.94. The molecule has 0 aliphatic heterocycles. The summed E-state index contributed by atoms with van der Waals surface area (Å²) in [7, 11) is 1.40. The summed E-state index contributed by atoms with van der Waals surface area (Å²) in [5.41, 5.74) is 9.13. The van der Waals surface area contributed by atoms with E-state index in [1.165, 1.54) is 18.2 Å². The SMILES string of the molecule is COC(=O)c1ccc2c(c1)CC(N)CCC2.Cl. The summed E-state index contributed by atoms with van der Waals surface area (Å²) >= 11 is 0. The first kappa shape index (κ1) is 14.0. The van der Waals surface area contributed by atoms with Crippen molar-refractivity contribution in [3.8, 4) is 0 Å². The molecule has 1 unspecified atom stereocenters. The van der Waals surface area contributed by atoms with Gasteiger partial charge in [0.1, 0.15) is 0 Å². The molecule has 1 aliphatic carbocycles. The van der Waals surface area contributed by atoms with Crippen LogP contribution in [-0.2, 0) is 17.6 Å². The molecule has 1 aromatic carbocycles. The summed E-state index contributed by atoms with van der Waals surface area (Å²) in [6.45, 7) is 0. The zero-order valence-corrected chi connectivity index (χ0v) is 10.8. The molecule has 0 spiro atoms.